The molecule has 0 bridgehead atoms. The molecule has 10 heteroatoms. The standard InChI is InChI=1S/C15H20F3N5O2/c1-9-5-11(15(16,17)18)22-13(21-9)6-20-14(25)10-3-2-4-23(7-10)8-12(19)24/h5,10H,2-4,6-8H2,1H3,(H2,19,24)(H,20,25)/t10-/m0/s1. The van der Waals surface area contributed by atoms with E-state index in [4.69, 9.17) is 5.73 Å². The Morgan fingerprint density at radius 1 is 1.40 bits per heavy atom. The lowest BCUT2D eigenvalue weighted by atomic mass is 9.97. The molecule has 0 aliphatic carbocycles. The Morgan fingerprint density at radius 2 is 2.12 bits per heavy atom. The fourth-order valence-corrected chi connectivity index (χ4v) is 2.80. The number of carbonyl (C=O) groups is 2. The molecule has 2 heterocycles. The van der Waals surface area contributed by atoms with E-state index < -0.39 is 17.8 Å². The molecular weight excluding hydrogens is 339 g/mol. The van der Waals surface area contributed by atoms with Crippen LogP contribution in [0.25, 0.3) is 0 Å². The number of rotatable bonds is 5. The maximum atomic E-state index is 12.8. The van der Waals surface area contributed by atoms with Crippen molar-refractivity contribution in [2.75, 3.05) is 19.6 Å². The van der Waals surface area contributed by atoms with Crippen LogP contribution in [0.4, 0.5) is 13.2 Å². The summed E-state index contributed by atoms with van der Waals surface area (Å²) in [6.45, 7) is 2.40. The van der Waals surface area contributed by atoms with Crippen LogP contribution in [-0.2, 0) is 22.3 Å². The van der Waals surface area contributed by atoms with Crippen LogP contribution in [0, 0.1) is 12.8 Å². The summed E-state index contributed by atoms with van der Waals surface area (Å²) in [7, 11) is 0. The Labute approximate surface area is 142 Å². The molecule has 0 saturated carbocycles. The van der Waals surface area contributed by atoms with Crippen molar-refractivity contribution in [3.63, 3.8) is 0 Å². The molecule has 3 N–H and O–H groups in total. The fraction of sp³-hybridized carbons (Fsp3) is 0.600. The summed E-state index contributed by atoms with van der Waals surface area (Å²) < 4.78 is 38.3. The van der Waals surface area contributed by atoms with Crippen LogP contribution in [0.1, 0.15) is 30.1 Å². The number of primary amides is 1. The highest BCUT2D eigenvalue weighted by Crippen LogP contribution is 2.27. The van der Waals surface area contributed by atoms with Crippen LogP contribution < -0.4 is 11.1 Å². The summed E-state index contributed by atoms with van der Waals surface area (Å²) in [5.74, 6) is -1.20. The number of nitrogens with two attached hydrogens (primary N) is 1. The molecule has 1 aromatic heterocycles. The molecule has 1 atom stereocenters. The molecule has 1 saturated heterocycles. The number of aromatic nitrogens is 2. The van der Waals surface area contributed by atoms with Crippen LogP contribution in [0.2, 0.25) is 0 Å². The van der Waals surface area contributed by atoms with Crippen molar-refractivity contribution in [3.05, 3.63) is 23.3 Å². The smallest absolute Gasteiger partial charge is 0.369 e. The summed E-state index contributed by atoms with van der Waals surface area (Å²) in [5.41, 5.74) is 4.30. The van der Waals surface area contributed by atoms with E-state index in [0.717, 1.165) is 12.5 Å². The van der Waals surface area contributed by atoms with Gasteiger partial charge in [-0.15, -0.1) is 0 Å². The van der Waals surface area contributed by atoms with Gasteiger partial charge in [-0.25, -0.2) is 9.97 Å². The molecule has 25 heavy (non-hydrogen) atoms. The van der Waals surface area contributed by atoms with E-state index in [0.29, 0.717) is 19.5 Å². The lowest BCUT2D eigenvalue weighted by Crippen LogP contribution is -2.45. The Bertz CT molecular complexity index is 651. The van der Waals surface area contributed by atoms with Crippen LogP contribution in [0.3, 0.4) is 0 Å². The molecule has 1 aliphatic heterocycles. The third-order valence-electron chi connectivity index (χ3n) is 3.87. The predicted molar refractivity (Wildman–Crippen MR) is 82.0 cm³/mol. The number of likely N-dealkylation sites (tertiary alicyclic amines) is 1. The number of amides is 2. The van der Waals surface area contributed by atoms with Crippen LogP contribution in [0.15, 0.2) is 6.07 Å². The normalized spacial score (nSPS) is 18.8. The van der Waals surface area contributed by atoms with Gasteiger partial charge in [0, 0.05) is 12.2 Å². The van der Waals surface area contributed by atoms with Gasteiger partial charge in [-0.2, -0.15) is 13.2 Å². The van der Waals surface area contributed by atoms with Gasteiger partial charge in [0.15, 0.2) is 0 Å². The Hall–Kier alpha value is -2.23. The third kappa shape index (κ3) is 5.66. The molecule has 138 valence electrons. The first-order chi connectivity index (χ1) is 11.6. The number of nitrogens with one attached hydrogen (secondary N) is 1. The molecule has 7 nitrogen and oxygen atoms in total. The first kappa shape index (κ1) is 19.1. The van der Waals surface area contributed by atoms with Crippen molar-refractivity contribution in [1.82, 2.24) is 20.2 Å². The molecular formula is C15H20F3N5O2. The molecule has 0 radical (unpaired) electrons. The minimum Gasteiger partial charge on any atom is -0.369 e. The van der Waals surface area contributed by atoms with Crippen LogP contribution >= 0.6 is 0 Å². The second-order valence-electron chi connectivity index (χ2n) is 6.07. The number of halogens is 3. The van der Waals surface area contributed by atoms with Gasteiger partial charge in [0.25, 0.3) is 0 Å². The number of carbonyl (C=O) groups excluding carboxylic acids is 2. The van der Waals surface area contributed by atoms with Crippen LogP contribution in [0.5, 0.6) is 0 Å². The van der Waals surface area contributed by atoms with Gasteiger partial charge in [0.2, 0.25) is 11.8 Å². The Morgan fingerprint density at radius 3 is 2.76 bits per heavy atom. The zero-order chi connectivity index (χ0) is 18.6. The summed E-state index contributed by atoms with van der Waals surface area (Å²) in [5, 5.41) is 2.57. The average Bonchev–Trinajstić information content (AvgIpc) is 2.51. The largest absolute Gasteiger partial charge is 0.433 e. The summed E-state index contributed by atoms with van der Waals surface area (Å²) in [6.07, 6.45) is -3.18. The molecule has 1 aliphatic rings. The summed E-state index contributed by atoms with van der Waals surface area (Å²) >= 11 is 0. The predicted octanol–water partition coefficient (Wildman–Crippen LogP) is 0.617. The Balaban J connectivity index is 1.95. The quantitative estimate of drug-likeness (QED) is 0.802. The molecule has 0 aromatic carbocycles. The zero-order valence-corrected chi connectivity index (χ0v) is 13.8. The second-order valence-corrected chi connectivity index (χ2v) is 6.07. The number of hydrogen-bond donors (Lipinski definition) is 2. The molecule has 0 unspecified atom stereocenters. The van der Waals surface area contributed by atoms with E-state index in [1.54, 1.807) is 4.90 Å². The number of aryl methyl sites for hydroxylation is 1. The van der Waals surface area contributed by atoms with E-state index in [2.05, 4.69) is 15.3 Å². The second kappa shape index (κ2) is 7.77. The fourth-order valence-electron chi connectivity index (χ4n) is 2.80. The molecule has 2 rings (SSSR count). The Kier molecular flexibility index (Phi) is 5.93. The topological polar surface area (TPSA) is 101 Å². The van der Waals surface area contributed by atoms with Gasteiger partial charge < -0.3 is 11.1 Å². The molecule has 0 spiro atoms. The number of alkyl halides is 3. The highest BCUT2D eigenvalue weighted by molar-refractivity contribution is 5.79. The van der Waals surface area contributed by atoms with Gasteiger partial charge in [-0.05, 0) is 32.4 Å². The van der Waals surface area contributed by atoms with Crippen LogP contribution in [-0.4, -0.2) is 46.3 Å². The van der Waals surface area contributed by atoms with Gasteiger partial charge in [0.1, 0.15) is 11.5 Å². The lowest BCUT2D eigenvalue weighted by Gasteiger charge is -2.30. The van der Waals surface area contributed by atoms with Gasteiger partial charge in [0.05, 0.1) is 19.0 Å². The minimum absolute atomic E-state index is 0.0830. The molecule has 2 amide bonds. The van der Waals surface area contributed by atoms with Crippen molar-refractivity contribution >= 4 is 11.8 Å². The van der Waals surface area contributed by atoms with E-state index in [-0.39, 0.29) is 36.4 Å². The molecule has 1 fully saturated rings. The minimum atomic E-state index is -4.56. The maximum Gasteiger partial charge on any atom is 0.433 e. The number of piperidine rings is 1. The summed E-state index contributed by atoms with van der Waals surface area (Å²) in [4.78, 5) is 32.4. The van der Waals surface area contributed by atoms with Crippen molar-refractivity contribution in [1.29, 1.82) is 0 Å². The van der Waals surface area contributed by atoms with Gasteiger partial charge in [-0.3, -0.25) is 14.5 Å². The van der Waals surface area contributed by atoms with Crippen molar-refractivity contribution < 1.29 is 22.8 Å². The van der Waals surface area contributed by atoms with Crippen molar-refractivity contribution in [3.8, 4) is 0 Å². The highest BCUT2D eigenvalue weighted by atomic mass is 19.4. The molecule has 1 aromatic rings. The van der Waals surface area contributed by atoms with E-state index >= 15 is 0 Å². The highest BCUT2D eigenvalue weighted by Gasteiger charge is 2.33. The first-order valence-electron chi connectivity index (χ1n) is 7.85. The van der Waals surface area contributed by atoms with Crippen molar-refractivity contribution in [2.45, 2.75) is 32.5 Å². The summed E-state index contributed by atoms with van der Waals surface area (Å²) in [6, 6.07) is 0.855. The van der Waals surface area contributed by atoms with Gasteiger partial charge in [-0.1, -0.05) is 0 Å². The van der Waals surface area contributed by atoms with Crippen molar-refractivity contribution in [2.24, 2.45) is 11.7 Å². The maximum absolute atomic E-state index is 12.8. The monoisotopic (exact) mass is 359 g/mol. The van der Waals surface area contributed by atoms with E-state index in [1.807, 2.05) is 0 Å². The lowest BCUT2D eigenvalue weighted by molar-refractivity contribution is -0.141. The number of hydrogen-bond acceptors (Lipinski definition) is 5. The van der Waals surface area contributed by atoms with E-state index in [9.17, 15) is 22.8 Å². The van der Waals surface area contributed by atoms with Gasteiger partial charge >= 0.3 is 6.18 Å². The first-order valence-corrected chi connectivity index (χ1v) is 7.85. The zero-order valence-electron chi connectivity index (χ0n) is 13.8. The van der Waals surface area contributed by atoms with E-state index in [1.165, 1.54) is 6.92 Å². The third-order valence-corrected chi connectivity index (χ3v) is 3.87. The average molecular weight is 359 g/mol. The number of nitrogens with zero attached hydrogens (tertiary/aromatic N) is 3. The SMILES string of the molecule is Cc1cc(C(F)(F)F)nc(CNC(=O)[C@H]2CCCN(CC(N)=O)C2)n1.